The smallest absolute Gasteiger partial charge is 0.229 e. The maximum absolute atomic E-state index is 13.5. The standard InChI is InChI=1S/C12H14FNO/c1-8-3-6-10(13)11(7-8)14(2)12(15)9-4-5-9/h3,6-7,9H,4-5H2,1-2H3. The van der Waals surface area contributed by atoms with E-state index in [-0.39, 0.29) is 17.6 Å². The molecule has 0 aromatic heterocycles. The van der Waals surface area contributed by atoms with Gasteiger partial charge in [-0.25, -0.2) is 4.39 Å². The Morgan fingerprint density at radius 3 is 2.73 bits per heavy atom. The Kier molecular flexibility index (Phi) is 2.47. The van der Waals surface area contributed by atoms with Gasteiger partial charge in [0.15, 0.2) is 0 Å². The summed E-state index contributed by atoms with van der Waals surface area (Å²) in [7, 11) is 1.64. The van der Waals surface area contributed by atoms with E-state index >= 15 is 0 Å². The number of benzene rings is 1. The number of aryl methyl sites for hydroxylation is 1. The number of nitrogens with zero attached hydrogens (tertiary/aromatic N) is 1. The molecular formula is C12H14FNO. The summed E-state index contributed by atoms with van der Waals surface area (Å²) in [5, 5.41) is 0. The van der Waals surface area contributed by atoms with Crippen molar-refractivity contribution in [3.05, 3.63) is 29.6 Å². The zero-order chi connectivity index (χ0) is 11.0. The third-order valence-corrected chi connectivity index (χ3v) is 2.72. The monoisotopic (exact) mass is 207 g/mol. The van der Waals surface area contributed by atoms with Gasteiger partial charge in [0, 0.05) is 13.0 Å². The minimum atomic E-state index is -0.336. The molecule has 0 bridgehead atoms. The topological polar surface area (TPSA) is 20.3 Å². The van der Waals surface area contributed by atoms with Crippen molar-refractivity contribution in [2.75, 3.05) is 11.9 Å². The number of carbonyl (C=O) groups is 1. The maximum atomic E-state index is 13.5. The third-order valence-electron chi connectivity index (χ3n) is 2.72. The normalized spacial score (nSPS) is 15.1. The SMILES string of the molecule is Cc1ccc(F)c(N(C)C(=O)C2CC2)c1. The molecule has 3 heteroatoms. The summed E-state index contributed by atoms with van der Waals surface area (Å²) in [5.41, 5.74) is 1.34. The van der Waals surface area contributed by atoms with Crippen molar-refractivity contribution >= 4 is 11.6 Å². The van der Waals surface area contributed by atoms with Crippen LogP contribution in [0, 0.1) is 18.7 Å². The van der Waals surface area contributed by atoms with Gasteiger partial charge in [-0.1, -0.05) is 6.07 Å². The number of hydrogen-bond donors (Lipinski definition) is 0. The van der Waals surface area contributed by atoms with Crippen molar-refractivity contribution in [2.24, 2.45) is 5.92 Å². The molecule has 1 aromatic rings. The van der Waals surface area contributed by atoms with Gasteiger partial charge in [-0.2, -0.15) is 0 Å². The summed E-state index contributed by atoms with van der Waals surface area (Å²) in [6.45, 7) is 1.89. The number of carbonyl (C=O) groups excluding carboxylic acids is 1. The van der Waals surface area contributed by atoms with E-state index in [0.29, 0.717) is 5.69 Å². The Labute approximate surface area is 88.7 Å². The molecule has 15 heavy (non-hydrogen) atoms. The van der Waals surface area contributed by atoms with Crippen LogP contribution in [0.1, 0.15) is 18.4 Å². The van der Waals surface area contributed by atoms with Crippen LogP contribution in [0.25, 0.3) is 0 Å². The lowest BCUT2D eigenvalue weighted by atomic mass is 10.2. The van der Waals surface area contributed by atoms with Gasteiger partial charge in [0.1, 0.15) is 5.82 Å². The molecule has 2 rings (SSSR count). The van der Waals surface area contributed by atoms with Crippen LogP contribution in [0.15, 0.2) is 18.2 Å². The number of hydrogen-bond acceptors (Lipinski definition) is 1. The van der Waals surface area contributed by atoms with Crippen LogP contribution in [0.3, 0.4) is 0 Å². The molecule has 80 valence electrons. The predicted molar refractivity (Wildman–Crippen MR) is 57.3 cm³/mol. The Hall–Kier alpha value is -1.38. The average molecular weight is 207 g/mol. The third kappa shape index (κ3) is 2.01. The fraction of sp³-hybridized carbons (Fsp3) is 0.417. The first-order valence-electron chi connectivity index (χ1n) is 5.13. The molecule has 0 saturated heterocycles. The number of amides is 1. The van der Waals surface area contributed by atoms with Crippen molar-refractivity contribution in [3.63, 3.8) is 0 Å². The van der Waals surface area contributed by atoms with Crippen molar-refractivity contribution in [3.8, 4) is 0 Å². The van der Waals surface area contributed by atoms with E-state index in [4.69, 9.17) is 0 Å². The predicted octanol–water partition coefficient (Wildman–Crippen LogP) is 2.51. The van der Waals surface area contributed by atoms with Crippen molar-refractivity contribution in [1.82, 2.24) is 0 Å². The van der Waals surface area contributed by atoms with Gasteiger partial charge in [0.05, 0.1) is 5.69 Å². The molecule has 1 aliphatic carbocycles. The van der Waals surface area contributed by atoms with Gasteiger partial charge in [-0.15, -0.1) is 0 Å². The highest BCUT2D eigenvalue weighted by atomic mass is 19.1. The van der Waals surface area contributed by atoms with Gasteiger partial charge in [-0.05, 0) is 37.5 Å². The summed E-state index contributed by atoms with van der Waals surface area (Å²) in [6, 6.07) is 4.81. The van der Waals surface area contributed by atoms with Gasteiger partial charge in [-0.3, -0.25) is 4.79 Å². The lowest BCUT2D eigenvalue weighted by molar-refractivity contribution is -0.119. The second-order valence-corrected chi connectivity index (χ2v) is 4.13. The summed E-state index contributed by atoms with van der Waals surface area (Å²) < 4.78 is 13.5. The molecule has 1 fully saturated rings. The van der Waals surface area contributed by atoms with E-state index in [1.807, 2.05) is 6.92 Å². The Morgan fingerprint density at radius 1 is 1.47 bits per heavy atom. The minimum Gasteiger partial charge on any atom is -0.313 e. The first-order valence-corrected chi connectivity index (χ1v) is 5.13. The highest BCUT2D eigenvalue weighted by molar-refractivity contribution is 5.96. The van der Waals surface area contributed by atoms with Gasteiger partial charge in [0.25, 0.3) is 0 Å². The first kappa shape index (κ1) is 10.1. The largest absolute Gasteiger partial charge is 0.313 e. The van der Waals surface area contributed by atoms with Crippen LogP contribution in [0.4, 0.5) is 10.1 Å². The fourth-order valence-corrected chi connectivity index (χ4v) is 1.60. The van der Waals surface area contributed by atoms with E-state index in [1.54, 1.807) is 19.2 Å². The molecule has 1 aliphatic rings. The number of rotatable bonds is 2. The molecule has 0 atom stereocenters. The van der Waals surface area contributed by atoms with Crippen LogP contribution < -0.4 is 4.90 Å². The summed E-state index contributed by atoms with van der Waals surface area (Å²) in [5.74, 6) is -0.188. The molecule has 0 radical (unpaired) electrons. The van der Waals surface area contributed by atoms with Gasteiger partial charge >= 0.3 is 0 Å². The molecule has 0 N–H and O–H groups in total. The van der Waals surface area contributed by atoms with E-state index in [0.717, 1.165) is 18.4 Å². The van der Waals surface area contributed by atoms with Gasteiger partial charge < -0.3 is 4.90 Å². The highest BCUT2D eigenvalue weighted by Crippen LogP contribution is 2.32. The average Bonchev–Trinajstić information content (AvgIpc) is 3.03. The molecule has 0 heterocycles. The Balaban J connectivity index is 2.27. The molecule has 0 spiro atoms. The second-order valence-electron chi connectivity index (χ2n) is 4.13. The van der Waals surface area contributed by atoms with Crippen molar-refractivity contribution in [1.29, 1.82) is 0 Å². The molecule has 1 amide bonds. The summed E-state index contributed by atoms with van der Waals surface area (Å²) in [6.07, 6.45) is 1.88. The zero-order valence-electron chi connectivity index (χ0n) is 8.96. The zero-order valence-corrected chi connectivity index (χ0v) is 8.96. The van der Waals surface area contributed by atoms with Crippen molar-refractivity contribution in [2.45, 2.75) is 19.8 Å². The summed E-state index contributed by atoms with van der Waals surface area (Å²) >= 11 is 0. The van der Waals surface area contributed by atoms with Crippen LogP contribution in [0.5, 0.6) is 0 Å². The maximum Gasteiger partial charge on any atom is 0.229 e. The van der Waals surface area contributed by atoms with Crippen LogP contribution >= 0.6 is 0 Å². The fourth-order valence-electron chi connectivity index (χ4n) is 1.60. The van der Waals surface area contributed by atoms with E-state index < -0.39 is 0 Å². The molecule has 0 aliphatic heterocycles. The molecule has 0 unspecified atom stereocenters. The Bertz CT molecular complexity index is 399. The second kappa shape index (κ2) is 3.65. The van der Waals surface area contributed by atoms with Crippen molar-refractivity contribution < 1.29 is 9.18 Å². The lowest BCUT2D eigenvalue weighted by Gasteiger charge is -2.18. The highest BCUT2D eigenvalue weighted by Gasteiger charge is 2.33. The molecule has 2 nitrogen and oxygen atoms in total. The Morgan fingerprint density at radius 2 is 2.13 bits per heavy atom. The molecular weight excluding hydrogens is 193 g/mol. The first-order chi connectivity index (χ1) is 7.09. The molecule has 1 aromatic carbocycles. The molecule has 1 saturated carbocycles. The minimum absolute atomic E-state index is 0.0273. The lowest BCUT2D eigenvalue weighted by Crippen LogP contribution is -2.28. The van der Waals surface area contributed by atoms with Gasteiger partial charge in [0.2, 0.25) is 5.91 Å². The number of halogens is 1. The van der Waals surface area contributed by atoms with Crippen LogP contribution in [-0.2, 0) is 4.79 Å². The van der Waals surface area contributed by atoms with E-state index in [1.165, 1.54) is 11.0 Å². The van der Waals surface area contributed by atoms with E-state index in [2.05, 4.69) is 0 Å². The summed E-state index contributed by atoms with van der Waals surface area (Å²) in [4.78, 5) is 13.2. The van der Waals surface area contributed by atoms with Crippen LogP contribution in [-0.4, -0.2) is 13.0 Å². The number of anilines is 1. The quantitative estimate of drug-likeness (QED) is 0.729. The van der Waals surface area contributed by atoms with Crippen LogP contribution in [0.2, 0.25) is 0 Å². The van der Waals surface area contributed by atoms with E-state index in [9.17, 15) is 9.18 Å².